The quantitative estimate of drug-likeness (QED) is 0.605. The Hall–Kier alpha value is -2.45. The molecular weight excluding hydrogens is 424 g/mol. The molecular formula is C24H30N4O3S. The fourth-order valence-corrected chi connectivity index (χ4v) is 5.92. The number of methoxy groups -OCH3 is 1. The minimum absolute atomic E-state index is 0.119. The largest absolute Gasteiger partial charge is 0.496 e. The predicted molar refractivity (Wildman–Crippen MR) is 128 cm³/mol. The smallest absolute Gasteiger partial charge is 0.261 e. The first-order valence-electron chi connectivity index (χ1n) is 11.6. The van der Waals surface area contributed by atoms with Crippen molar-refractivity contribution in [2.24, 2.45) is 0 Å². The first kappa shape index (κ1) is 21.4. The van der Waals surface area contributed by atoms with E-state index in [1.807, 2.05) is 18.2 Å². The third-order valence-electron chi connectivity index (χ3n) is 6.87. The lowest BCUT2D eigenvalue weighted by atomic mass is 9.86. The summed E-state index contributed by atoms with van der Waals surface area (Å²) in [5, 5.41) is 10.6. The van der Waals surface area contributed by atoms with E-state index in [-0.39, 0.29) is 11.7 Å². The van der Waals surface area contributed by atoms with Crippen LogP contribution in [-0.2, 0) is 0 Å². The van der Waals surface area contributed by atoms with Crippen molar-refractivity contribution in [3.8, 4) is 17.1 Å². The molecule has 1 atom stereocenters. The summed E-state index contributed by atoms with van der Waals surface area (Å²) in [5.41, 5.74) is 2.63. The fourth-order valence-electron chi connectivity index (χ4n) is 5.07. The minimum atomic E-state index is -0.222. The van der Waals surface area contributed by atoms with Crippen LogP contribution in [0.15, 0.2) is 23.0 Å². The van der Waals surface area contributed by atoms with Crippen molar-refractivity contribution in [2.45, 2.75) is 63.4 Å². The van der Waals surface area contributed by atoms with Crippen molar-refractivity contribution in [3.63, 3.8) is 0 Å². The van der Waals surface area contributed by atoms with Crippen LogP contribution in [0.5, 0.6) is 5.75 Å². The molecule has 1 aromatic carbocycles. The minimum Gasteiger partial charge on any atom is -0.496 e. The molecule has 2 aliphatic rings. The molecule has 1 saturated heterocycles. The molecule has 1 unspecified atom stereocenters. The number of aromatic nitrogens is 3. The molecule has 1 aliphatic heterocycles. The number of H-pyrrole nitrogens is 1. The fraction of sp³-hybridized carbons (Fsp3) is 0.542. The molecule has 0 radical (unpaired) electrons. The number of nitrogens with zero attached hydrogens (tertiary/aromatic N) is 3. The molecule has 32 heavy (non-hydrogen) atoms. The summed E-state index contributed by atoms with van der Waals surface area (Å²) in [5.74, 6) is 1.55. The second-order valence-electron chi connectivity index (χ2n) is 8.95. The summed E-state index contributed by atoms with van der Waals surface area (Å²) in [6.45, 7) is 1.72. The molecule has 170 valence electrons. The summed E-state index contributed by atoms with van der Waals surface area (Å²) < 4.78 is 10.3. The second kappa shape index (κ2) is 9.19. The Morgan fingerprint density at radius 2 is 1.97 bits per heavy atom. The third kappa shape index (κ3) is 4.13. The number of aliphatic hydroxyl groups is 1. The molecule has 8 heteroatoms. The van der Waals surface area contributed by atoms with Crippen molar-refractivity contribution in [2.75, 3.05) is 25.1 Å². The number of nitrogens with one attached hydrogen (secondary N) is 1. The average Bonchev–Trinajstić information content (AvgIpc) is 3.14. The zero-order valence-electron chi connectivity index (χ0n) is 18.5. The molecule has 7 nitrogen and oxygen atoms in total. The van der Waals surface area contributed by atoms with E-state index in [9.17, 15) is 9.90 Å². The van der Waals surface area contributed by atoms with Gasteiger partial charge >= 0.3 is 0 Å². The molecule has 1 saturated carbocycles. The number of aliphatic hydroxyl groups excluding tert-OH is 1. The van der Waals surface area contributed by atoms with E-state index in [4.69, 9.17) is 9.72 Å². The average molecular weight is 455 g/mol. The molecule has 5 rings (SSSR count). The van der Waals surface area contributed by atoms with Gasteiger partial charge in [0.15, 0.2) is 4.83 Å². The van der Waals surface area contributed by atoms with Gasteiger partial charge in [0, 0.05) is 30.8 Å². The Labute approximate surface area is 191 Å². The van der Waals surface area contributed by atoms with Gasteiger partial charge < -0.3 is 19.7 Å². The summed E-state index contributed by atoms with van der Waals surface area (Å²) in [7, 11) is 1.64. The molecule has 2 fully saturated rings. The number of aromatic amines is 1. The van der Waals surface area contributed by atoms with Gasteiger partial charge in [0.1, 0.15) is 17.0 Å². The van der Waals surface area contributed by atoms with Crippen molar-refractivity contribution >= 4 is 27.4 Å². The van der Waals surface area contributed by atoms with Crippen LogP contribution < -0.4 is 15.2 Å². The highest BCUT2D eigenvalue weighted by molar-refractivity contribution is 7.12. The number of ether oxygens (including phenoxy) is 1. The standard InChI is InChI=1S/C24H30N4O3S/c1-31-19-14-16(28-12-5-8-17(29)11-13-28)9-10-18(19)22-25-23(30)20-21(27-32-24(20)26-22)15-6-3-2-4-7-15/h9-10,14-15,17,29H,2-8,11-13H2,1H3,(H,25,26,30). The van der Waals surface area contributed by atoms with Crippen molar-refractivity contribution in [1.82, 2.24) is 14.3 Å². The van der Waals surface area contributed by atoms with Crippen LogP contribution in [0.4, 0.5) is 5.69 Å². The Morgan fingerprint density at radius 1 is 1.12 bits per heavy atom. The summed E-state index contributed by atoms with van der Waals surface area (Å²) in [6, 6.07) is 6.00. The zero-order valence-corrected chi connectivity index (χ0v) is 19.3. The van der Waals surface area contributed by atoms with Gasteiger partial charge in [-0.2, -0.15) is 4.37 Å². The van der Waals surface area contributed by atoms with E-state index in [0.29, 0.717) is 27.7 Å². The maximum atomic E-state index is 13.1. The highest BCUT2D eigenvalue weighted by Crippen LogP contribution is 2.37. The monoisotopic (exact) mass is 454 g/mol. The van der Waals surface area contributed by atoms with Gasteiger partial charge in [-0.15, -0.1) is 0 Å². The van der Waals surface area contributed by atoms with E-state index in [0.717, 1.165) is 62.1 Å². The number of hydrogen-bond donors (Lipinski definition) is 2. The Balaban J connectivity index is 1.48. The van der Waals surface area contributed by atoms with Crippen molar-refractivity contribution in [1.29, 1.82) is 0 Å². The van der Waals surface area contributed by atoms with E-state index < -0.39 is 0 Å². The molecule has 0 bridgehead atoms. The molecule has 1 aliphatic carbocycles. The number of benzene rings is 1. The van der Waals surface area contributed by atoms with E-state index in [1.165, 1.54) is 30.8 Å². The van der Waals surface area contributed by atoms with Crippen LogP contribution in [0.25, 0.3) is 21.6 Å². The number of hydrogen-bond acceptors (Lipinski definition) is 7. The lowest BCUT2D eigenvalue weighted by Crippen LogP contribution is -2.24. The highest BCUT2D eigenvalue weighted by Gasteiger charge is 2.24. The first-order chi connectivity index (χ1) is 15.6. The normalized spacial score (nSPS) is 20.4. The molecule has 3 heterocycles. The van der Waals surface area contributed by atoms with Crippen LogP contribution in [0.3, 0.4) is 0 Å². The SMILES string of the molecule is COc1cc(N2CCCC(O)CC2)ccc1-c1nc2snc(C3CCCCC3)c2c(=O)[nH]1. The highest BCUT2D eigenvalue weighted by atomic mass is 32.1. The Morgan fingerprint density at radius 3 is 2.78 bits per heavy atom. The van der Waals surface area contributed by atoms with E-state index in [1.54, 1.807) is 7.11 Å². The second-order valence-corrected chi connectivity index (χ2v) is 9.71. The zero-order chi connectivity index (χ0) is 22.1. The Kier molecular flexibility index (Phi) is 6.15. The number of rotatable bonds is 4. The van der Waals surface area contributed by atoms with Crippen LogP contribution >= 0.6 is 11.5 Å². The molecule has 0 amide bonds. The van der Waals surface area contributed by atoms with Crippen LogP contribution in [-0.4, -0.2) is 45.8 Å². The summed E-state index contributed by atoms with van der Waals surface area (Å²) in [4.78, 5) is 23.8. The van der Waals surface area contributed by atoms with Crippen molar-refractivity contribution < 1.29 is 9.84 Å². The molecule has 2 N–H and O–H groups in total. The van der Waals surface area contributed by atoms with Gasteiger partial charge in [-0.3, -0.25) is 4.79 Å². The number of anilines is 1. The van der Waals surface area contributed by atoms with Crippen molar-refractivity contribution in [3.05, 3.63) is 34.2 Å². The summed E-state index contributed by atoms with van der Waals surface area (Å²) in [6.07, 6.45) is 8.22. The molecule has 2 aromatic heterocycles. The van der Waals surface area contributed by atoms with Gasteiger partial charge in [0.2, 0.25) is 0 Å². The van der Waals surface area contributed by atoms with E-state index in [2.05, 4.69) is 14.3 Å². The molecule has 3 aromatic rings. The van der Waals surface area contributed by atoms with Crippen LogP contribution in [0.1, 0.15) is 63.0 Å². The van der Waals surface area contributed by atoms with E-state index >= 15 is 0 Å². The lowest BCUT2D eigenvalue weighted by molar-refractivity contribution is 0.161. The summed E-state index contributed by atoms with van der Waals surface area (Å²) >= 11 is 1.32. The van der Waals surface area contributed by atoms with Crippen LogP contribution in [0.2, 0.25) is 0 Å². The molecule has 0 spiro atoms. The third-order valence-corrected chi connectivity index (χ3v) is 7.62. The van der Waals surface area contributed by atoms with Gasteiger partial charge in [-0.1, -0.05) is 19.3 Å². The van der Waals surface area contributed by atoms with Gasteiger partial charge in [0.25, 0.3) is 5.56 Å². The number of fused-ring (bicyclic) bond motifs is 1. The topological polar surface area (TPSA) is 91.3 Å². The van der Waals surface area contributed by atoms with Gasteiger partial charge in [-0.25, -0.2) is 4.98 Å². The lowest BCUT2D eigenvalue weighted by Gasteiger charge is -2.23. The van der Waals surface area contributed by atoms with Crippen LogP contribution in [0, 0.1) is 0 Å². The maximum Gasteiger partial charge on any atom is 0.261 e. The Bertz CT molecular complexity index is 1150. The first-order valence-corrected chi connectivity index (χ1v) is 12.4. The van der Waals surface area contributed by atoms with Gasteiger partial charge in [0.05, 0.1) is 24.5 Å². The van der Waals surface area contributed by atoms with Gasteiger partial charge in [-0.05, 0) is 55.8 Å². The maximum absolute atomic E-state index is 13.1. The predicted octanol–water partition coefficient (Wildman–Crippen LogP) is 4.45.